The smallest absolute Gasteiger partial charge is 0.0253 e. The average Bonchev–Trinajstić information content (AvgIpc) is 3.41. The molecule has 0 radical (unpaired) electrons. The predicted octanol–water partition coefficient (Wildman–Crippen LogP) is 2.33. The average molecular weight is 595 g/mol. The molecule has 3 heteroatoms. The first-order chi connectivity index (χ1) is 16.2. The van der Waals surface area contributed by atoms with Crippen LogP contribution in [0.4, 0.5) is 0 Å². The summed E-state index contributed by atoms with van der Waals surface area (Å²) in [5.41, 5.74) is 12.9. The van der Waals surface area contributed by atoms with Gasteiger partial charge in [0.15, 0.2) is 0 Å². The van der Waals surface area contributed by atoms with Crippen molar-refractivity contribution < 1.29 is 49.0 Å². The van der Waals surface area contributed by atoms with Gasteiger partial charge in [-0.1, -0.05) is 81.8 Å². The van der Waals surface area contributed by atoms with E-state index in [-0.39, 0.29) is 24.8 Å². The van der Waals surface area contributed by atoms with Gasteiger partial charge in [0.1, 0.15) is 0 Å². The first-order valence-corrected chi connectivity index (χ1v) is 13.6. The summed E-state index contributed by atoms with van der Waals surface area (Å²) in [5.74, 6) is 0. The second-order valence-corrected chi connectivity index (χ2v) is 10.7. The van der Waals surface area contributed by atoms with Crippen LogP contribution in [0.25, 0.3) is 11.1 Å². The zero-order chi connectivity index (χ0) is 24.7. The van der Waals surface area contributed by atoms with Crippen LogP contribution in [0.1, 0.15) is 66.6 Å². The number of benzene rings is 3. The maximum atomic E-state index is 3.30. The fourth-order valence-corrected chi connectivity index (χ4v) is 4.84. The topological polar surface area (TPSA) is 0 Å². The Balaban J connectivity index is 0.000000267. The van der Waals surface area contributed by atoms with E-state index in [1.165, 1.54) is 74.3 Å². The minimum atomic E-state index is 0. The molecule has 0 spiro atoms. The summed E-state index contributed by atoms with van der Waals surface area (Å²) in [7, 11) is 0. The van der Waals surface area contributed by atoms with Crippen molar-refractivity contribution >= 4 is 3.71 Å². The molecule has 4 aromatic rings. The van der Waals surface area contributed by atoms with Crippen LogP contribution < -0.4 is 24.8 Å². The Morgan fingerprint density at radius 2 is 1.56 bits per heavy atom. The van der Waals surface area contributed by atoms with Crippen molar-refractivity contribution in [3.05, 3.63) is 124 Å². The molecular formula is C33H36Cl2Zr-2. The molecule has 36 heavy (non-hydrogen) atoms. The molecule has 0 fully saturated rings. The van der Waals surface area contributed by atoms with Gasteiger partial charge in [0.2, 0.25) is 0 Å². The van der Waals surface area contributed by atoms with E-state index in [9.17, 15) is 0 Å². The van der Waals surface area contributed by atoms with Crippen LogP contribution in [-0.4, -0.2) is 3.71 Å². The minimum absolute atomic E-state index is 0. The van der Waals surface area contributed by atoms with Gasteiger partial charge >= 0.3 is 70.3 Å². The molecule has 0 unspecified atom stereocenters. The molecule has 0 amide bonds. The molecule has 5 rings (SSSR count). The summed E-state index contributed by atoms with van der Waals surface area (Å²) in [5, 5.41) is 0. The van der Waals surface area contributed by atoms with Gasteiger partial charge in [-0.05, 0) is 6.42 Å². The summed E-state index contributed by atoms with van der Waals surface area (Å²) in [6.45, 7) is 13.3. The Bertz CT molecular complexity index is 1180. The van der Waals surface area contributed by atoms with E-state index in [2.05, 4.69) is 124 Å². The van der Waals surface area contributed by atoms with E-state index in [0.717, 1.165) is 12.8 Å². The minimum Gasteiger partial charge on any atom is -1.00 e. The first-order valence-electron chi connectivity index (χ1n) is 12.1. The van der Waals surface area contributed by atoms with Crippen molar-refractivity contribution in [1.29, 1.82) is 0 Å². The molecule has 0 saturated carbocycles. The maximum Gasteiger partial charge on any atom is -0.0253 e. The molecular weight excluding hydrogens is 558 g/mol. The van der Waals surface area contributed by atoms with Gasteiger partial charge in [-0.3, -0.25) is 0 Å². The molecule has 4 aromatic carbocycles. The molecule has 0 aromatic heterocycles. The summed E-state index contributed by atoms with van der Waals surface area (Å²) in [4.78, 5) is 0. The Morgan fingerprint density at radius 1 is 0.917 bits per heavy atom. The molecule has 0 bridgehead atoms. The number of hydrogen-bond acceptors (Lipinski definition) is 0. The van der Waals surface area contributed by atoms with Crippen molar-refractivity contribution in [3.8, 4) is 11.1 Å². The van der Waals surface area contributed by atoms with E-state index in [4.69, 9.17) is 0 Å². The van der Waals surface area contributed by atoms with Crippen LogP contribution in [0.2, 0.25) is 0 Å². The maximum absolute atomic E-state index is 3.30. The second kappa shape index (κ2) is 14.9. The zero-order valence-electron chi connectivity index (χ0n) is 22.3. The monoisotopic (exact) mass is 592 g/mol. The fraction of sp³-hybridized carbons (Fsp3) is 0.273. The third kappa shape index (κ3) is 8.73. The van der Waals surface area contributed by atoms with Gasteiger partial charge in [0.25, 0.3) is 0 Å². The van der Waals surface area contributed by atoms with E-state index in [1.54, 1.807) is 0 Å². The summed E-state index contributed by atoms with van der Waals surface area (Å²) in [6.07, 6.45) is 2.20. The first kappa shape index (κ1) is 32.4. The fourth-order valence-electron chi connectivity index (χ4n) is 4.37. The predicted molar refractivity (Wildman–Crippen MR) is 145 cm³/mol. The van der Waals surface area contributed by atoms with Gasteiger partial charge in [-0.25, -0.2) is 6.07 Å². The standard InChI is InChI=1S/C13H9.C12H19.C8H8.2ClH.Zr/c1-3-7-12-10(5-1)9-11-6-2-4-8-13(11)12;1-6-10-7-9(2)8-11(10)12(3,4)5;1-7-3-5-8(2)6-4-7;;;/h1-5,7-8H,9H2;7-8H,6H2,1-5H3;1,3-6H,2H3;2*1H;/q2*-1;;;;+2/p-2. The molecule has 0 atom stereocenters. The van der Waals surface area contributed by atoms with Crippen molar-refractivity contribution in [2.45, 2.75) is 59.8 Å². The van der Waals surface area contributed by atoms with Crippen molar-refractivity contribution in [1.82, 2.24) is 0 Å². The van der Waals surface area contributed by atoms with Gasteiger partial charge in [0, 0.05) is 0 Å². The molecule has 0 aliphatic heterocycles. The Morgan fingerprint density at radius 3 is 2.14 bits per heavy atom. The van der Waals surface area contributed by atoms with Gasteiger partial charge < -0.3 is 24.8 Å². The number of rotatable bonds is 2. The van der Waals surface area contributed by atoms with E-state index in [1.807, 2.05) is 6.07 Å². The van der Waals surface area contributed by atoms with Crippen molar-refractivity contribution in [3.63, 3.8) is 0 Å². The summed E-state index contributed by atoms with van der Waals surface area (Å²) in [6, 6.07) is 31.3. The van der Waals surface area contributed by atoms with Crippen LogP contribution in [0, 0.1) is 19.9 Å². The second-order valence-electron chi connectivity index (χ2n) is 10.0. The molecule has 188 valence electrons. The van der Waals surface area contributed by atoms with Crippen LogP contribution in [0.15, 0.2) is 78.9 Å². The van der Waals surface area contributed by atoms with Gasteiger partial charge in [-0.2, -0.15) is 52.6 Å². The molecule has 0 N–H and O–H groups in total. The number of hydrogen-bond donors (Lipinski definition) is 0. The molecule has 0 saturated heterocycles. The van der Waals surface area contributed by atoms with Crippen LogP contribution in [0.3, 0.4) is 0 Å². The Hall–Kier alpha value is -1.66. The molecule has 1 aliphatic carbocycles. The normalized spacial score (nSPS) is 10.8. The number of aryl methyl sites for hydroxylation is 3. The van der Waals surface area contributed by atoms with E-state index >= 15 is 0 Å². The van der Waals surface area contributed by atoms with E-state index in [0.29, 0.717) is 5.41 Å². The van der Waals surface area contributed by atoms with Crippen molar-refractivity contribution in [2.75, 3.05) is 0 Å². The van der Waals surface area contributed by atoms with Crippen molar-refractivity contribution in [2.24, 2.45) is 0 Å². The summed E-state index contributed by atoms with van der Waals surface area (Å²) >= 11 is 1.47. The zero-order valence-corrected chi connectivity index (χ0v) is 26.2. The Labute approximate surface area is 246 Å². The van der Waals surface area contributed by atoms with Crippen LogP contribution in [0.5, 0.6) is 0 Å². The molecule has 0 nitrogen and oxygen atoms in total. The third-order valence-corrected chi connectivity index (χ3v) is 6.99. The van der Waals surface area contributed by atoms with Gasteiger partial charge in [0.05, 0.1) is 0 Å². The summed E-state index contributed by atoms with van der Waals surface area (Å²) < 4.78 is 2.19. The molecule has 1 aliphatic rings. The number of fused-ring (bicyclic) bond motifs is 3. The van der Waals surface area contributed by atoms with E-state index < -0.39 is 0 Å². The Kier molecular flexibility index (Phi) is 13.4. The number of halogens is 2. The van der Waals surface area contributed by atoms with Crippen LogP contribution in [-0.2, 0) is 42.5 Å². The quantitative estimate of drug-likeness (QED) is 0.276. The largest absolute Gasteiger partial charge is 1.00 e. The van der Waals surface area contributed by atoms with Gasteiger partial charge in [-0.15, -0.1) is 5.56 Å². The molecule has 0 heterocycles. The third-order valence-electron chi connectivity index (χ3n) is 6.17. The SMILES string of the molecule is CCc1[cH-]c(C)cc1C(C)(C)C.Cc1ccc([CH]=[Zr+2])cc1.[Cl-].[Cl-].[c-]1cccc2c1Cc1ccccc1-2. The van der Waals surface area contributed by atoms with Crippen LogP contribution >= 0.6 is 0 Å².